The number of benzene rings is 1. The molecule has 1 saturated carbocycles. The van der Waals surface area contributed by atoms with Gasteiger partial charge in [0.25, 0.3) is 0 Å². The van der Waals surface area contributed by atoms with Crippen molar-refractivity contribution in [1.82, 2.24) is 10.2 Å². The SMILES string of the molecule is CC(NC(=O)N(CCO)C1CCCc2ccccc21)C1CCC1. The highest BCUT2D eigenvalue weighted by molar-refractivity contribution is 5.75. The van der Waals surface area contributed by atoms with E-state index in [-0.39, 0.29) is 24.7 Å². The number of urea groups is 1. The van der Waals surface area contributed by atoms with E-state index in [9.17, 15) is 9.90 Å². The number of fused-ring (bicyclic) bond motifs is 1. The van der Waals surface area contributed by atoms with E-state index in [2.05, 4.69) is 30.4 Å². The molecule has 2 aliphatic carbocycles. The Morgan fingerprint density at radius 3 is 2.78 bits per heavy atom. The van der Waals surface area contributed by atoms with Crippen LogP contribution in [0.1, 0.15) is 56.2 Å². The van der Waals surface area contributed by atoms with Gasteiger partial charge >= 0.3 is 6.03 Å². The lowest BCUT2D eigenvalue weighted by molar-refractivity contribution is 0.135. The van der Waals surface area contributed by atoms with Crippen LogP contribution in [0.2, 0.25) is 0 Å². The minimum absolute atomic E-state index is 0.00387. The molecule has 2 unspecified atom stereocenters. The zero-order chi connectivity index (χ0) is 16.2. The van der Waals surface area contributed by atoms with E-state index < -0.39 is 0 Å². The molecular formula is C19H28N2O2. The van der Waals surface area contributed by atoms with Crippen molar-refractivity contribution in [2.24, 2.45) is 5.92 Å². The summed E-state index contributed by atoms with van der Waals surface area (Å²) in [6.07, 6.45) is 6.86. The summed E-state index contributed by atoms with van der Waals surface area (Å²) in [5.41, 5.74) is 2.59. The van der Waals surface area contributed by atoms with Crippen molar-refractivity contribution in [3.8, 4) is 0 Å². The Labute approximate surface area is 138 Å². The Bertz CT molecular complexity index is 542. The highest BCUT2D eigenvalue weighted by Gasteiger charge is 2.31. The summed E-state index contributed by atoms with van der Waals surface area (Å²) in [6, 6.07) is 8.68. The Morgan fingerprint density at radius 1 is 1.30 bits per heavy atom. The van der Waals surface area contributed by atoms with Crippen molar-refractivity contribution in [2.45, 2.75) is 57.5 Å². The van der Waals surface area contributed by atoms with Crippen LogP contribution in [-0.2, 0) is 6.42 Å². The van der Waals surface area contributed by atoms with Gasteiger partial charge in [0, 0.05) is 12.6 Å². The zero-order valence-corrected chi connectivity index (χ0v) is 14.0. The number of aryl methyl sites for hydroxylation is 1. The lowest BCUT2D eigenvalue weighted by Crippen LogP contribution is -2.50. The predicted octanol–water partition coefficient (Wildman–Crippen LogP) is 3.26. The topological polar surface area (TPSA) is 52.6 Å². The first-order valence-electron chi connectivity index (χ1n) is 8.96. The lowest BCUT2D eigenvalue weighted by Gasteiger charge is -2.38. The average Bonchev–Trinajstić information content (AvgIpc) is 2.50. The molecular weight excluding hydrogens is 288 g/mol. The molecule has 0 aromatic heterocycles. The van der Waals surface area contributed by atoms with E-state index in [1.165, 1.54) is 30.4 Å². The number of nitrogens with zero attached hydrogens (tertiary/aromatic N) is 1. The van der Waals surface area contributed by atoms with E-state index in [1.807, 2.05) is 11.0 Å². The molecule has 0 aliphatic heterocycles. The zero-order valence-electron chi connectivity index (χ0n) is 14.0. The number of rotatable bonds is 5. The quantitative estimate of drug-likeness (QED) is 0.876. The van der Waals surface area contributed by atoms with Crippen LogP contribution in [-0.4, -0.2) is 35.2 Å². The Kier molecular flexibility index (Phi) is 5.21. The second-order valence-corrected chi connectivity index (χ2v) is 6.95. The van der Waals surface area contributed by atoms with Crippen molar-refractivity contribution in [3.63, 3.8) is 0 Å². The maximum Gasteiger partial charge on any atom is 0.318 e. The highest BCUT2D eigenvalue weighted by atomic mass is 16.3. The molecule has 0 bridgehead atoms. The summed E-state index contributed by atoms with van der Waals surface area (Å²) in [7, 11) is 0. The summed E-state index contributed by atoms with van der Waals surface area (Å²) < 4.78 is 0. The van der Waals surface area contributed by atoms with Crippen LogP contribution in [0.4, 0.5) is 4.79 Å². The van der Waals surface area contributed by atoms with Gasteiger partial charge in [-0.3, -0.25) is 0 Å². The fourth-order valence-corrected chi connectivity index (χ4v) is 3.89. The number of aliphatic hydroxyl groups is 1. The van der Waals surface area contributed by atoms with Crippen molar-refractivity contribution >= 4 is 6.03 Å². The first-order valence-corrected chi connectivity index (χ1v) is 8.96. The second-order valence-electron chi connectivity index (χ2n) is 6.95. The van der Waals surface area contributed by atoms with E-state index in [1.54, 1.807) is 0 Å². The normalized spacial score (nSPS) is 21.9. The number of aliphatic hydroxyl groups excluding tert-OH is 1. The second kappa shape index (κ2) is 7.35. The van der Waals surface area contributed by atoms with Gasteiger partial charge in [-0.25, -0.2) is 4.79 Å². The smallest absolute Gasteiger partial charge is 0.318 e. The third-order valence-corrected chi connectivity index (χ3v) is 5.52. The van der Waals surface area contributed by atoms with Gasteiger partial charge < -0.3 is 15.3 Å². The molecule has 2 N–H and O–H groups in total. The van der Waals surface area contributed by atoms with Gasteiger partial charge in [-0.05, 0) is 56.1 Å². The molecule has 2 amide bonds. The monoisotopic (exact) mass is 316 g/mol. The number of carbonyl (C=O) groups is 1. The molecule has 2 aliphatic rings. The summed E-state index contributed by atoms with van der Waals surface area (Å²) in [4.78, 5) is 14.6. The third-order valence-electron chi connectivity index (χ3n) is 5.52. The average molecular weight is 316 g/mol. The van der Waals surface area contributed by atoms with Crippen LogP contribution in [0.15, 0.2) is 24.3 Å². The molecule has 4 heteroatoms. The molecule has 3 rings (SSSR count). The van der Waals surface area contributed by atoms with E-state index in [0.717, 1.165) is 19.3 Å². The molecule has 0 spiro atoms. The third kappa shape index (κ3) is 3.52. The molecule has 4 nitrogen and oxygen atoms in total. The van der Waals surface area contributed by atoms with Crippen LogP contribution in [0.5, 0.6) is 0 Å². The van der Waals surface area contributed by atoms with Gasteiger partial charge in [0.2, 0.25) is 0 Å². The van der Waals surface area contributed by atoms with E-state index in [4.69, 9.17) is 0 Å². The minimum atomic E-state index is -0.0276. The summed E-state index contributed by atoms with van der Waals surface area (Å²) in [5, 5.41) is 12.6. The fraction of sp³-hybridized carbons (Fsp3) is 0.632. The van der Waals surface area contributed by atoms with Crippen molar-refractivity contribution < 1.29 is 9.90 Å². The maximum atomic E-state index is 12.8. The molecule has 1 fully saturated rings. The van der Waals surface area contributed by atoms with Crippen molar-refractivity contribution in [2.75, 3.05) is 13.2 Å². The fourth-order valence-electron chi connectivity index (χ4n) is 3.89. The van der Waals surface area contributed by atoms with Gasteiger partial charge in [0.15, 0.2) is 0 Å². The number of carbonyl (C=O) groups excluding carboxylic acids is 1. The molecule has 0 saturated heterocycles. The van der Waals surface area contributed by atoms with Crippen molar-refractivity contribution in [1.29, 1.82) is 0 Å². The first kappa shape index (κ1) is 16.3. The largest absolute Gasteiger partial charge is 0.395 e. The van der Waals surface area contributed by atoms with Crippen LogP contribution >= 0.6 is 0 Å². The Balaban J connectivity index is 1.74. The first-order chi connectivity index (χ1) is 11.2. The van der Waals surface area contributed by atoms with Crippen LogP contribution in [0.25, 0.3) is 0 Å². The molecule has 126 valence electrons. The van der Waals surface area contributed by atoms with Gasteiger partial charge in [-0.2, -0.15) is 0 Å². The van der Waals surface area contributed by atoms with Crippen LogP contribution in [0.3, 0.4) is 0 Å². The maximum absolute atomic E-state index is 12.8. The molecule has 0 radical (unpaired) electrons. The van der Waals surface area contributed by atoms with Gasteiger partial charge in [-0.15, -0.1) is 0 Å². The lowest BCUT2D eigenvalue weighted by atomic mass is 9.80. The summed E-state index contributed by atoms with van der Waals surface area (Å²) in [6.45, 7) is 2.50. The minimum Gasteiger partial charge on any atom is -0.395 e. The number of hydrogen-bond donors (Lipinski definition) is 2. The predicted molar refractivity (Wildman–Crippen MR) is 91.2 cm³/mol. The van der Waals surface area contributed by atoms with Gasteiger partial charge in [0.05, 0.1) is 12.6 Å². The van der Waals surface area contributed by atoms with Crippen LogP contribution in [0, 0.1) is 5.92 Å². The molecule has 0 heterocycles. The van der Waals surface area contributed by atoms with E-state index >= 15 is 0 Å². The van der Waals surface area contributed by atoms with Crippen molar-refractivity contribution in [3.05, 3.63) is 35.4 Å². The number of hydrogen-bond acceptors (Lipinski definition) is 2. The highest BCUT2D eigenvalue weighted by Crippen LogP contribution is 2.34. The number of nitrogens with one attached hydrogen (secondary N) is 1. The summed E-state index contributed by atoms with van der Waals surface area (Å²) in [5.74, 6) is 0.619. The number of amides is 2. The van der Waals surface area contributed by atoms with Gasteiger partial charge in [-0.1, -0.05) is 30.7 Å². The van der Waals surface area contributed by atoms with E-state index in [0.29, 0.717) is 12.5 Å². The van der Waals surface area contributed by atoms with Crippen LogP contribution < -0.4 is 5.32 Å². The molecule has 1 aromatic rings. The molecule has 2 atom stereocenters. The van der Waals surface area contributed by atoms with Gasteiger partial charge in [0.1, 0.15) is 0 Å². The standard InChI is InChI=1S/C19H28N2O2/c1-14(15-7-4-8-15)20-19(23)21(12-13-22)18-11-5-9-16-6-2-3-10-17(16)18/h2-3,6,10,14-15,18,22H,4-5,7-9,11-13H2,1H3,(H,20,23). The molecule has 1 aromatic carbocycles. The Morgan fingerprint density at radius 2 is 2.09 bits per heavy atom. The Hall–Kier alpha value is -1.55. The summed E-state index contributed by atoms with van der Waals surface area (Å²) >= 11 is 0. The molecule has 23 heavy (non-hydrogen) atoms.